The number of Topliss-reactive ketones (excluding diaryl/α,β-unsaturated/α-hetero) is 1. The van der Waals surface area contributed by atoms with E-state index in [1.165, 1.54) is 11.1 Å². The number of fused-ring (bicyclic) bond motifs is 1. The van der Waals surface area contributed by atoms with Crippen LogP contribution in [-0.4, -0.2) is 41.6 Å². The van der Waals surface area contributed by atoms with Crippen molar-refractivity contribution in [2.45, 2.75) is 31.9 Å². The fraction of sp³-hybridized carbons (Fsp3) is 0.364. The summed E-state index contributed by atoms with van der Waals surface area (Å²) in [4.78, 5) is 14.3. The lowest BCUT2D eigenvalue weighted by molar-refractivity contribution is -0.121. The summed E-state index contributed by atoms with van der Waals surface area (Å²) < 4.78 is 5.44. The van der Waals surface area contributed by atoms with Gasteiger partial charge in [0.2, 0.25) is 0 Å². The van der Waals surface area contributed by atoms with Gasteiger partial charge in [0, 0.05) is 26.1 Å². The maximum Gasteiger partial charge on any atom is 0.170 e. The van der Waals surface area contributed by atoms with Gasteiger partial charge in [-0.3, -0.25) is 9.69 Å². The van der Waals surface area contributed by atoms with Gasteiger partial charge in [0.25, 0.3) is 0 Å². The largest absolute Gasteiger partial charge is 0.486 e. The predicted octanol–water partition coefficient (Wildman–Crippen LogP) is 2.71. The van der Waals surface area contributed by atoms with Crippen LogP contribution in [0.5, 0.6) is 5.75 Å². The van der Waals surface area contributed by atoms with Crippen molar-refractivity contribution < 1.29 is 14.6 Å². The van der Waals surface area contributed by atoms with E-state index in [0.29, 0.717) is 24.3 Å². The van der Waals surface area contributed by atoms with Crippen LogP contribution in [0.3, 0.4) is 0 Å². The molecule has 3 rings (SSSR count). The first kappa shape index (κ1) is 19.1. The molecule has 1 N–H and O–H groups in total. The van der Waals surface area contributed by atoms with E-state index in [1.54, 1.807) is 24.3 Å². The predicted molar refractivity (Wildman–Crippen MR) is 102 cm³/mol. The summed E-state index contributed by atoms with van der Waals surface area (Å²) in [7, 11) is 0. The first-order valence-electron chi connectivity index (χ1n) is 9.26. The highest BCUT2D eigenvalue weighted by atomic mass is 16.5. The average Bonchev–Trinajstić information content (AvgIpc) is 2.71. The molecule has 0 fully saturated rings. The highest BCUT2D eigenvalue weighted by Gasteiger charge is 2.19. The Kier molecular flexibility index (Phi) is 6.59. The fourth-order valence-corrected chi connectivity index (χ4v) is 3.32. The molecule has 0 saturated heterocycles. The minimum atomic E-state index is -0.527. The molecule has 0 radical (unpaired) electrons. The van der Waals surface area contributed by atoms with Crippen molar-refractivity contribution in [3.63, 3.8) is 0 Å². The lowest BCUT2D eigenvalue weighted by Gasteiger charge is -2.30. The van der Waals surface area contributed by atoms with Gasteiger partial charge >= 0.3 is 0 Å². The first-order valence-corrected chi connectivity index (χ1v) is 9.26. The van der Waals surface area contributed by atoms with Crippen LogP contribution in [-0.2, 0) is 17.8 Å². The molecule has 2 aromatic rings. The van der Waals surface area contributed by atoms with Gasteiger partial charge in [0.05, 0.1) is 17.7 Å². The maximum absolute atomic E-state index is 12.0. The number of benzene rings is 2. The normalized spacial score (nSPS) is 14.8. The smallest absolute Gasteiger partial charge is 0.170 e. The second kappa shape index (κ2) is 9.31. The number of rotatable bonds is 8. The van der Waals surface area contributed by atoms with E-state index in [2.05, 4.69) is 23.1 Å². The van der Waals surface area contributed by atoms with Gasteiger partial charge in [-0.05, 0) is 42.2 Å². The Morgan fingerprint density at radius 2 is 2.04 bits per heavy atom. The Balaban J connectivity index is 1.38. The number of hydrogen-bond acceptors (Lipinski definition) is 5. The van der Waals surface area contributed by atoms with Gasteiger partial charge in [0.15, 0.2) is 5.78 Å². The molecule has 0 aromatic heterocycles. The molecule has 0 amide bonds. The van der Waals surface area contributed by atoms with E-state index < -0.39 is 6.10 Å². The molecular weight excluding hydrogens is 340 g/mol. The molecular formula is C22H24N2O3. The number of carbonyl (C=O) groups excluding carboxylic acids is 1. The molecule has 5 nitrogen and oxygen atoms in total. The number of nitriles is 1. The molecule has 5 heteroatoms. The fourth-order valence-electron chi connectivity index (χ4n) is 3.32. The zero-order valence-corrected chi connectivity index (χ0v) is 15.3. The van der Waals surface area contributed by atoms with Crippen molar-refractivity contribution in [3.05, 3.63) is 65.2 Å². The van der Waals surface area contributed by atoms with Crippen LogP contribution in [0.1, 0.15) is 29.5 Å². The Bertz CT molecular complexity index is 828. The van der Waals surface area contributed by atoms with E-state index >= 15 is 0 Å². The van der Waals surface area contributed by atoms with Crippen LogP contribution in [0.4, 0.5) is 0 Å². The summed E-state index contributed by atoms with van der Waals surface area (Å²) in [5, 5.41) is 19.2. The average molecular weight is 364 g/mol. The molecule has 0 spiro atoms. The molecule has 1 unspecified atom stereocenters. The van der Waals surface area contributed by atoms with Crippen molar-refractivity contribution in [3.8, 4) is 11.8 Å². The third kappa shape index (κ3) is 5.65. The van der Waals surface area contributed by atoms with Gasteiger partial charge in [0.1, 0.15) is 12.4 Å². The molecule has 1 heterocycles. The molecule has 140 valence electrons. The van der Waals surface area contributed by atoms with Crippen molar-refractivity contribution in [2.24, 2.45) is 0 Å². The first-order chi connectivity index (χ1) is 13.1. The van der Waals surface area contributed by atoms with Crippen molar-refractivity contribution in [1.82, 2.24) is 4.90 Å². The number of aliphatic hydroxyl groups is 1. The Morgan fingerprint density at radius 1 is 1.22 bits per heavy atom. The lowest BCUT2D eigenvalue weighted by atomic mass is 9.99. The highest BCUT2D eigenvalue weighted by molar-refractivity contribution is 5.79. The van der Waals surface area contributed by atoms with Crippen LogP contribution in [0, 0.1) is 11.3 Å². The lowest BCUT2D eigenvalue weighted by Crippen LogP contribution is -2.36. The molecule has 1 atom stereocenters. The quantitative estimate of drug-likeness (QED) is 0.780. The topological polar surface area (TPSA) is 73.6 Å². The van der Waals surface area contributed by atoms with Gasteiger partial charge in [-0.15, -0.1) is 0 Å². The van der Waals surface area contributed by atoms with Crippen LogP contribution in [0.2, 0.25) is 0 Å². The second-order valence-corrected chi connectivity index (χ2v) is 6.91. The maximum atomic E-state index is 12.0. The molecule has 1 aliphatic rings. The summed E-state index contributed by atoms with van der Waals surface area (Å²) in [5.41, 5.74) is 3.20. The highest BCUT2D eigenvalue weighted by Crippen LogP contribution is 2.19. The van der Waals surface area contributed by atoms with Crippen LogP contribution >= 0.6 is 0 Å². The van der Waals surface area contributed by atoms with E-state index in [4.69, 9.17) is 10.00 Å². The zero-order chi connectivity index (χ0) is 19.1. The van der Waals surface area contributed by atoms with Crippen LogP contribution in [0.25, 0.3) is 0 Å². The molecule has 0 bridgehead atoms. The standard InChI is InChI=1S/C22H24N2O3/c23-13-17-4-3-7-22(12-17)27-16-21(26)9-8-20(25)15-24-11-10-18-5-1-2-6-19(18)14-24/h1-7,12,20,25H,8-11,14-16H2. The van der Waals surface area contributed by atoms with Crippen LogP contribution < -0.4 is 4.74 Å². The molecule has 2 aromatic carbocycles. The summed E-state index contributed by atoms with van der Waals surface area (Å²) in [6.45, 7) is 2.31. The van der Waals surface area contributed by atoms with Gasteiger partial charge in [-0.25, -0.2) is 0 Å². The number of nitrogens with zero attached hydrogens (tertiary/aromatic N) is 2. The van der Waals surface area contributed by atoms with Crippen molar-refractivity contribution >= 4 is 5.78 Å². The van der Waals surface area contributed by atoms with E-state index in [1.807, 2.05) is 12.1 Å². The molecule has 0 aliphatic carbocycles. The molecule has 1 aliphatic heterocycles. The number of carbonyl (C=O) groups is 1. The number of aliphatic hydroxyl groups excluding tert-OH is 1. The zero-order valence-electron chi connectivity index (χ0n) is 15.3. The van der Waals surface area contributed by atoms with Crippen molar-refractivity contribution in [1.29, 1.82) is 5.26 Å². The summed E-state index contributed by atoms with van der Waals surface area (Å²) in [6.07, 6.45) is 1.18. The van der Waals surface area contributed by atoms with Gasteiger partial charge < -0.3 is 9.84 Å². The second-order valence-electron chi connectivity index (χ2n) is 6.91. The Morgan fingerprint density at radius 3 is 2.85 bits per heavy atom. The van der Waals surface area contributed by atoms with E-state index in [0.717, 1.165) is 19.5 Å². The minimum Gasteiger partial charge on any atom is -0.486 e. The number of ketones is 1. The minimum absolute atomic E-state index is 0.0430. The molecule has 27 heavy (non-hydrogen) atoms. The third-order valence-corrected chi connectivity index (χ3v) is 4.80. The summed E-state index contributed by atoms with van der Waals surface area (Å²) >= 11 is 0. The van der Waals surface area contributed by atoms with E-state index in [9.17, 15) is 9.90 Å². The van der Waals surface area contributed by atoms with Gasteiger partial charge in [-0.2, -0.15) is 5.26 Å². The number of hydrogen-bond donors (Lipinski definition) is 1. The monoisotopic (exact) mass is 364 g/mol. The Labute approximate surface area is 159 Å². The SMILES string of the molecule is N#Cc1cccc(OCC(=O)CCC(O)CN2CCc3ccccc3C2)c1. The van der Waals surface area contributed by atoms with Crippen molar-refractivity contribution in [2.75, 3.05) is 19.7 Å². The number of ether oxygens (including phenoxy) is 1. The number of β-amino-alcohol motifs (C(OH)–C–C–N with tert-alkyl or cyclic N) is 1. The van der Waals surface area contributed by atoms with Crippen LogP contribution in [0.15, 0.2) is 48.5 Å². The summed E-state index contributed by atoms with van der Waals surface area (Å²) in [6, 6.07) is 17.2. The molecule has 0 saturated carbocycles. The van der Waals surface area contributed by atoms with Gasteiger partial charge in [-0.1, -0.05) is 30.3 Å². The van der Waals surface area contributed by atoms with E-state index in [-0.39, 0.29) is 18.8 Å². The summed E-state index contributed by atoms with van der Waals surface area (Å²) in [5.74, 6) is 0.454. The third-order valence-electron chi connectivity index (χ3n) is 4.80. The Hall–Kier alpha value is -2.68.